The van der Waals surface area contributed by atoms with E-state index >= 15 is 0 Å². The molecule has 1 saturated carbocycles. The van der Waals surface area contributed by atoms with Crippen LogP contribution in [0, 0.1) is 11.3 Å². The molecular formula is C27H26F9NO2. The molecule has 1 N–H and O–H groups in total. The Bertz CT molecular complexity index is 1180. The van der Waals surface area contributed by atoms with Crippen LogP contribution in [0.2, 0.25) is 0 Å². The van der Waals surface area contributed by atoms with Gasteiger partial charge in [0, 0.05) is 12.6 Å². The Morgan fingerprint density at radius 3 is 1.92 bits per heavy atom. The molecule has 2 aromatic rings. The predicted octanol–water partition coefficient (Wildman–Crippen LogP) is 8.34. The highest BCUT2D eigenvalue weighted by molar-refractivity contribution is 5.75. The van der Waals surface area contributed by atoms with E-state index < -0.39 is 70.7 Å². The maximum Gasteiger partial charge on any atom is 0.416 e. The van der Waals surface area contributed by atoms with Gasteiger partial charge < -0.3 is 5.11 Å². The Kier molecular flexibility index (Phi) is 7.74. The van der Waals surface area contributed by atoms with Gasteiger partial charge in [0.15, 0.2) is 0 Å². The first kappa shape index (κ1) is 29.2. The summed E-state index contributed by atoms with van der Waals surface area (Å²) in [5.74, 6) is -1.38. The number of alkyl halides is 9. The molecule has 1 aliphatic carbocycles. The van der Waals surface area contributed by atoms with Gasteiger partial charge in [-0.1, -0.05) is 25.0 Å². The monoisotopic (exact) mass is 567 g/mol. The Labute approximate surface area is 218 Å². The number of benzene rings is 2. The van der Waals surface area contributed by atoms with Crippen LogP contribution in [0.25, 0.3) is 0 Å². The number of rotatable bonds is 5. The molecular weight excluding hydrogens is 541 g/mol. The molecule has 0 amide bonds. The molecule has 0 bridgehead atoms. The molecule has 2 aromatic carbocycles. The minimum atomic E-state index is -4.93. The summed E-state index contributed by atoms with van der Waals surface area (Å²) in [6.45, 7) is -0.476. The van der Waals surface area contributed by atoms with Crippen molar-refractivity contribution >= 4 is 5.97 Å². The first-order valence-electron chi connectivity index (χ1n) is 12.4. The van der Waals surface area contributed by atoms with E-state index in [4.69, 9.17) is 0 Å². The number of likely N-dealkylation sites (tertiary alicyclic amines) is 1. The lowest BCUT2D eigenvalue weighted by molar-refractivity contribution is -0.154. The van der Waals surface area contributed by atoms with Gasteiger partial charge in [-0.2, -0.15) is 39.5 Å². The Balaban J connectivity index is 1.74. The summed E-state index contributed by atoms with van der Waals surface area (Å²) in [6, 6.07) is 4.48. The van der Waals surface area contributed by atoms with E-state index in [1.54, 1.807) is 0 Å². The van der Waals surface area contributed by atoms with Crippen LogP contribution in [-0.2, 0) is 29.9 Å². The van der Waals surface area contributed by atoms with Gasteiger partial charge in [-0.15, -0.1) is 0 Å². The maximum absolute atomic E-state index is 13.7. The van der Waals surface area contributed by atoms with Gasteiger partial charge in [-0.05, 0) is 79.6 Å². The molecule has 4 rings (SSSR count). The van der Waals surface area contributed by atoms with Crippen LogP contribution >= 0.6 is 0 Å². The number of carbonyl (C=O) groups is 1. The SMILES string of the molecule is O=C(O)C1([C@H]2CCN(Cc3cc(C(F)(F)F)ccc3C(F)(F)F)[C@@H](c3ccc(C(F)(F)F)cc3)C2)CCCC1. The quantitative estimate of drug-likeness (QED) is 0.370. The zero-order chi connectivity index (χ0) is 28.8. The van der Waals surface area contributed by atoms with Crippen molar-refractivity contribution in [2.75, 3.05) is 6.54 Å². The van der Waals surface area contributed by atoms with Crippen LogP contribution in [0.1, 0.15) is 72.4 Å². The number of piperidine rings is 1. The van der Waals surface area contributed by atoms with Crippen LogP contribution in [0.4, 0.5) is 39.5 Å². The second kappa shape index (κ2) is 10.3. The van der Waals surface area contributed by atoms with E-state index in [2.05, 4.69) is 0 Å². The van der Waals surface area contributed by atoms with Crippen molar-refractivity contribution in [3.8, 4) is 0 Å². The maximum atomic E-state index is 13.7. The van der Waals surface area contributed by atoms with Crippen LogP contribution in [0.5, 0.6) is 0 Å². The fraction of sp³-hybridized carbons (Fsp3) is 0.519. The molecule has 2 aliphatic rings. The summed E-state index contributed by atoms with van der Waals surface area (Å²) >= 11 is 0. The van der Waals surface area contributed by atoms with Crippen molar-refractivity contribution in [2.24, 2.45) is 11.3 Å². The van der Waals surface area contributed by atoms with E-state index in [-0.39, 0.29) is 19.4 Å². The largest absolute Gasteiger partial charge is 0.481 e. The molecule has 2 atom stereocenters. The van der Waals surface area contributed by atoms with Crippen molar-refractivity contribution in [1.82, 2.24) is 4.90 Å². The smallest absolute Gasteiger partial charge is 0.416 e. The zero-order valence-electron chi connectivity index (χ0n) is 20.6. The van der Waals surface area contributed by atoms with Gasteiger partial charge >= 0.3 is 24.5 Å². The van der Waals surface area contributed by atoms with Gasteiger partial charge in [0.2, 0.25) is 0 Å². The number of hydrogen-bond acceptors (Lipinski definition) is 2. The predicted molar refractivity (Wildman–Crippen MR) is 122 cm³/mol. The lowest BCUT2D eigenvalue weighted by Crippen LogP contribution is -2.45. The second-order valence-corrected chi connectivity index (χ2v) is 10.4. The third-order valence-electron chi connectivity index (χ3n) is 8.15. The summed E-state index contributed by atoms with van der Waals surface area (Å²) in [4.78, 5) is 13.8. The van der Waals surface area contributed by atoms with Gasteiger partial charge in [-0.25, -0.2) is 0 Å². The van der Waals surface area contributed by atoms with E-state index in [0.717, 1.165) is 12.1 Å². The van der Waals surface area contributed by atoms with Crippen molar-refractivity contribution in [2.45, 2.75) is 69.6 Å². The summed E-state index contributed by atoms with van der Waals surface area (Å²) in [5.41, 5.74) is -4.75. The van der Waals surface area contributed by atoms with E-state index in [1.807, 2.05) is 0 Å². The van der Waals surface area contributed by atoms with Crippen LogP contribution in [0.15, 0.2) is 42.5 Å². The summed E-state index contributed by atoms with van der Waals surface area (Å²) in [6.07, 6.45) is -11.8. The Hall–Kier alpha value is -2.76. The highest BCUT2D eigenvalue weighted by Crippen LogP contribution is 2.52. The molecule has 39 heavy (non-hydrogen) atoms. The Morgan fingerprint density at radius 2 is 1.41 bits per heavy atom. The lowest BCUT2D eigenvalue weighted by Gasteiger charge is -2.45. The van der Waals surface area contributed by atoms with Gasteiger partial charge in [0.05, 0.1) is 22.1 Å². The molecule has 0 aromatic heterocycles. The number of carboxylic acids is 1. The number of aliphatic carboxylic acids is 1. The van der Waals surface area contributed by atoms with Crippen molar-refractivity contribution in [3.63, 3.8) is 0 Å². The Morgan fingerprint density at radius 1 is 0.846 bits per heavy atom. The fourth-order valence-electron chi connectivity index (χ4n) is 6.15. The minimum absolute atomic E-state index is 0.0684. The molecule has 12 heteroatoms. The van der Waals surface area contributed by atoms with Crippen LogP contribution in [-0.4, -0.2) is 22.5 Å². The number of halogens is 9. The molecule has 0 spiro atoms. The molecule has 1 aliphatic heterocycles. The molecule has 1 saturated heterocycles. The second-order valence-electron chi connectivity index (χ2n) is 10.4. The standard InChI is InChI=1S/C27H26F9NO2/c28-25(29,30)18-5-3-16(4-6-18)22-14-19(24(23(38)39)10-1-2-11-24)9-12-37(22)15-17-13-20(26(31,32)33)7-8-21(17)27(34,35)36/h3-8,13,19,22H,1-2,9-12,14-15H2,(H,38,39)/t19-,22+/m0/s1. The molecule has 3 nitrogen and oxygen atoms in total. The average molecular weight is 567 g/mol. The number of nitrogens with zero attached hydrogens (tertiary/aromatic N) is 1. The molecule has 0 unspecified atom stereocenters. The highest BCUT2D eigenvalue weighted by atomic mass is 19.4. The summed E-state index contributed by atoms with van der Waals surface area (Å²) < 4.78 is 121. The highest BCUT2D eigenvalue weighted by Gasteiger charge is 2.50. The zero-order valence-corrected chi connectivity index (χ0v) is 20.6. The molecule has 0 radical (unpaired) electrons. The van der Waals surface area contributed by atoms with Gasteiger partial charge in [-0.3, -0.25) is 9.69 Å². The lowest BCUT2D eigenvalue weighted by atomic mass is 9.67. The normalized spacial score (nSPS) is 22.7. The van der Waals surface area contributed by atoms with Crippen LogP contribution in [0.3, 0.4) is 0 Å². The average Bonchev–Trinajstić information content (AvgIpc) is 3.34. The van der Waals surface area contributed by atoms with Crippen molar-refractivity contribution in [3.05, 3.63) is 70.3 Å². The minimum Gasteiger partial charge on any atom is -0.481 e. The molecule has 214 valence electrons. The third kappa shape index (κ3) is 6.05. The third-order valence-corrected chi connectivity index (χ3v) is 8.15. The molecule has 1 heterocycles. The number of hydrogen-bond donors (Lipinski definition) is 1. The van der Waals surface area contributed by atoms with E-state index in [0.29, 0.717) is 49.4 Å². The van der Waals surface area contributed by atoms with Gasteiger partial charge in [0.1, 0.15) is 0 Å². The number of carboxylic acid groups (broad SMARTS) is 1. The first-order valence-corrected chi connectivity index (χ1v) is 12.4. The van der Waals surface area contributed by atoms with Crippen LogP contribution < -0.4 is 0 Å². The summed E-state index contributed by atoms with van der Waals surface area (Å²) in [7, 11) is 0. The first-order chi connectivity index (χ1) is 18.0. The fourth-order valence-corrected chi connectivity index (χ4v) is 6.15. The van der Waals surface area contributed by atoms with E-state index in [1.165, 1.54) is 17.0 Å². The molecule has 2 fully saturated rings. The topological polar surface area (TPSA) is 40.5 Å². The van der Waals surface area contributed by atoms with Crippen molar-refractivity contribution in [1.29, 1.82) is 0 Å². The summed E-state index contributed by atoms with van der Waals surface area (Å²) in [5, 5.41) is 10.1. The van der Waals surface area contributed by atoms with Gasteiger partial charge in [0.25, 0.3) is 0 Å². The van der Waals surface area contributed by atoms with E-state index in [9.17, 15) is 49.4 Å². The van der Waals surface area contributed by atoms with Crippen molar-refractivity contribution < 1.29 is 49.4 Å².